The fraction of sp³-hybridized carbons (Fsp3) is 0.368. The standard InChI is InChI=1S/C19H26O4Si/c1-4-20-24(21-5-2,22-6-3)23-19(17-13-9-7-10-14-17)18-15-11-8-12-16-18/h7-16,19H,4-6H2,1-3H3. The van der Waals surface area contributed by atoms with Crippen LogP contribution in [0.5, 0.6) is 0 Å². The molecule has 0 spiro atoms. The molecule has 0 aliphatic carbocycles. The lowest BCUT2D eigenvalue weighted by Crippen LogP contribution is -2.50. The Morgan fingerprint density at radius 3 is 1.38 bits per heavy atom. The van der Waals surface area contributed by atoms with Gasteiger partial charge >= 0.3 is 9.05 Å². The molecule has 0 aliphatic heterocycles. The Kier molecular flexibility index (Phi) is 7.62. The molecule has 24 heavy (non-hydrogen) atoms. The van der Waals surface area contributed by atoms with Crippen molar-refractivity contribution in [3.63, 3.8) is 0 Å². The molecule has 0 N–H and O–H groups in total. The van der Waals surface area contributed by atoms with Crippen molar-refractivity contribution in [3.05, 3.63) is 71.8 Å². The van der Waals surface area contributed by atoms with Crippen LogP contribution < -0.4 is 0 Å². The van der Waals surface area contributed by atoms with Crippen molar-refractivity contribution in [2.45, 2.75) is 26.9 Å². The second-order valence-corrected chi connectivity index (χ2v) is 7.22. The minimum atomic E-state index is -3.22. The molecule has 2 aromatic rings. The normalized spacial score (nSPS) is 11.8. The summed E-state index contributed by atoms with van der Waals surface area (Å²) in [6.07, 6.45) is -0.302. The number of rotatable bonds is 10. The molecule has 0 saturated carbocycles. The van der Waals surface area contributed by atoms with Crippen LogP contribution in [0, 0.1) is 0 Å². The lowest BCUT2D eigenvalue weighted by atomic mass is 10.0. The Hall–Kier alpha value is -1.50. The highest BCUT2D eigenvalue weighted by atomic mass is 28.4. The minimum absolute atomic E-state index is 0.302. The monoisotopic (exact) mass is 346 g/mol. The summed E-state index contributed by atoms with van der Waals surface area (Å²) in [6, 6.07) is 20.1. The highest BCUT2D eigenvalue weighted by Crippen LogP contribution is 2.30. The van der Waals surface area contributed by atoms with Crippen LogP contribution in [0.1, 0.15) is 38.0 Å². The third-order valence-corrected chi connectivity index (χ3v) is 5.88. The molecule has 0 aromatic heterocycles. The zero-order valence-electron chi connectivity index (χ0n) is 14.6. The molecule has 0 radical (unpaired) electrons. The smallest absolute Gasteiger partial charge is 0.351 e. The summed E-state index contributed by atoms with van der Waals surface area (Å²) in [6.45, 7) is 7.18. The summed E-state index contributed by atoms with van der Waals surface area (Å²) in [5, 5.41) is 0. The van der Waals surface area contributed by atoms with Crippen LogP contribution in [0.15, 0.2) is 60.7 Å². The van der Waals surface area contributed by atoms with Crippen LogP contribution >= 0.6 is 0 Å². The maximum Gasteiger partial charge on any atom is 0.680 e. The molecule has 2 rings (SSSR count). The fourth-order valence-corrected chi connectivity index (χ4v) is 4.56. The molecular weight excluding hydrogens is 320 g/mol. The van der Waals surface area contributed by atoms with Crippen LogP contribution in [0.2, 0.25) is 0 Å². The van der Waals surface area contributed by atoms with E-state index in [0.29, 0.717) is 19.8 Å². The van der Waals surface area contributed by atoms with Crippen molar-refractivity contribution >= 4 is 9.05 Å². The summed E-state index contributed by atoms with van der Waals surface area (Å²) in [7, 11) is -3.22. The second kappa shape index (κ2) is 9.71. The third kappa shape index (κ3) is 4.99. The van der Waals surface area contributed by atoms with E-state index < -0.39 is 9.05 Å². The molecule has 0 aliphatic rings. The average Bonchev–Trinajstić information content (AvgIpc) is 2.62. The zero-order valence-corrected chi connectivity index (χ0v) is 15.6. The predicted octanol–water partition coefficient (Wildman–Crippen LogP) is 4.34. The van der Waals surface area contributed by atoms with Gasteiger partial charge in [0.2, 0.25) is 0 Å². The molecular formula is C19H26O4Si. The van der Waals surface area contributed by atoms with Crippen LogP contribution in [-0.2, 0) is 17.7 Å². The lowest BCUT2D eigenvalue weighted by molar-refractivity contribution is -0.0429. The molecule has 0 bridgehead atoms. The third-order valence-electron chi connectivity index (χ3n) is 3.43. The first-order valence-electron chi connectivity index (χ1n) is 8.44. The fourth-order valence-electron chi connectivity index (χ4n) is 2.49. The summed E-state index contributed by atoms with van der Waals surface area (Å²) >= 11 is 0. The first-order valence-corrected chi connectivity index (χ1v) is 10.1. The predicted molar refractivity (Wildman–Crippen MR) is 96.4 cm³/mol. The molecule has 4 nitrogen and oxygen atoms in total. The Balaban J connectivity index is 2.38. The van der Waals surface area contributed by atoms with Crippen molar-refractivity contribution in [1.82, 2.24) is 0 Å². The molecule has 0 atom stereocenters. The van der Waals surface area contributed by atoms with E-state index >= 15 is 0 Å². The van der Waals surface area contributed by atoms with E-state index in [1.54, 1.807) is 0 Å². The molecule has 0 heterocycles. The van der Waals surface area contributed by atoms with Gasteiger partial charge in [-0.25, -0.2) is 0 Å². The second-order valence-electron chi connectivity index (χ2n) is 5.12. The quantitative estimate of drug-likeness (QED) is 0.600. The molecule has 0 saturated heterocycles. The van der Waals surface area contributed by atoms with Gasteiger partial charge < -0.3 is 17.7 Å². The summed E-state index contributed by atoms with van der Waals surface area (Å²) in [5.74, 6) is 0. The van der Waals surface area contributed by atoms with Crippen molar-refractivity contribution in [3.8, 4) is 0 Å². The lowest BCUT2D eigenvalue weighted by Gasteiger charge is -2.31. The van der Waals surface area contributed by atoms with E-state index in [0.717, 1.165) is 11.1 Å². The van der Waals surface area contributed by atoms with Crippen LogP contribution in [-0.4, -0.2) is 28.9 Å². The van der Waals surface area contributed by atoms with Gasteiger partial charge in [-0.1, -0.05) is 60.7 Å². The summed E-state index contributed by atoms with van der Waals surface area (Å²) < 4.78 is 24.0. The van der Waals surface area contributed by atoms with Gasteiger partial charge in [-0.05, 0) is 31.9 Å². The highest BCUT2D eigenvalue weighted by molar-refractivity contribution is 6.53. The Bertz CT molecular complexity index is 520. The minimum Gasteiger partial charge on any atom is -0.351 e. The molecule has 5 heteroatoms. The summed E-state index contributed by atoms with van der Waals surface area (Å²) in [4.78, 5) is 0. The van der Waals surface area contributed by atoms with Gasteiger partial charge in [0.05, 0.1) is 0 Å². The average molecular weight is 346 g/mol. The maximum atomic E-state index is 6.40. The van der Waals surface area contributed by atoms with Gasteiger partial charge in [0.15, 0.2) is 0 Å². The molecule has 0 unspecified atom stereocenters. The van der Waals surface area contributed by atoms with Gasteiger partial charge in [-0.3, -0.25) is 0 Å². The van der Waals surface area contributed by atoms with E-state index in [1.165, 1.54) is 0 Å². The van der Waals surface area contributed by atoms with E-state index in [2.05, 4.69) is 0 Å². The molecule has 130 valence electrons. The van der Waals surface area contributed by atoms with Crippen LogP contribution in [0.3, 0.4) is 0 Å². The topological polar surface area (TPSA) is 36.9 Å². The van der Waals surface area contributed by atoms with E-state index in [4.69, 9.17) is 17.7 Å². The van der Waals surface area contributed by atoms with Gasteiger partial charge in [0.1, 0.15) is 6.10 Å². The van der Waals surface area contributed by atoms with E-state index in [9.17, 15) is 0 Å². The largest absolute Gasteiger partial charge is 0.680 e. The zero-order chi connectivity index (χ0) is 17.3. The SMILES string of the molecule is CCO[Si](OCC)(OCC)OC(c1ccccc1)c1ccccc1. The van der Waals surface area contributed by atoms with E-state index in [-0.39, 0.29) is 6.10 Å². The summed E-state index contributed by atoms with van der Waals surface area (Å²) in [5.41, 5.74) is 2.08. The molecule has 2 aromatic carbocycles. The first kappa shape index (κ1) is 18.8. The Morgan fingerprint density at radius 1 is 0.667 bits per heavy atom. The van der Waals surface area contributed by atoms with Crippen LogP contribution in [0.25, 0.3) is 0 Å². The number of benzene rings is 2. The number of hydrogen-bond donors (Lipinski definition) is 0. The maximum absolute atomic E-state index is 6.40. The van der Waals surface area contributed by atoms with Crippen molar-refractivity contribution in [2.75, 3.05) is 19.8 Å². The molecule has 0 fully saturated rings. The van der Waals surface area contributed by atoms with Gasteiger partial charge in [-0.15, -0.1) is 0 Å². The highest BCUT2D eigenvalue weighted by Gasteiger charge is 2.47. The first-order chi connectivity index (χ1) is 11.7. The van der Waals surface area contributed by atoms with Gasteiger partial charge in [-0.2, -0.15) is 0 Å². The van der Waals surface area contributed by atoms with Crippen molar-refractivity contribution in [1.29, 1.82) is 0 Å². The van der Waals surface area contributed by atoms with Crippen molar-refractivity contribution < 1.29 is 17.7 Å². The Labute approximate surface area is 145 Å². The van der Waals surface area contributed by atoms with E-state index in [1.807, 2.05) is 81.4 Å². The van der Waals surface area contributed by atoms with Crippen LogP contribution in [0.4, 0.5) is 0 Å². The number of hydrogen-bond acceptors (Lipinski definition) is 4. The Morgan fingerprint density at radius 2 is 1.04 bits per heavy atom. The molecule has 0 amide bonds. The van der Waals surface area contributed by atoms with Gasteiger partial charge in [0, 0.05) is 19.8 Å². The van der Waals surface area contributed by atoms with Crippen molar-refractivity contribution in [2.24, 2.45) is 0 Å². The van der Waals surface area contributed by atoms with Gasteiger partial charge in [0.25, 0.3) is 0 Å².